The minimum Gasteiger partial charge on any atom is -0.368 e. The van der Waals surface area contributed by atoms with Crippen LogP contribution in [0.1, 0.15) is 31.9 Å². The van der Waals surface area contributed by atoms with Gasteiger partial charge in [-0.2, -0.15) is 0 Å². The average molecular weight is 221 g/mol. The molecule has 0 heterocycles. The summed E-state index contributed by atoms with van der Waals surface area (Å²) in [5, 5.41) is 0. The van der Waals surface area contributed by atoms with Crippen LogP contribution < -0.4 is 0 Å². The van der Waals surface area contributed by atoms with Gasteiger partial charge in [0.1, 0.15) is 4.99 Å². The summed E-state index contributed by atoms with van der Waals surface area (Å²) < 4.78 is 0. The first-order valence-corrected chi connectivity index (χ1v) is 5.56. The molecule has 0 unspecified atom stereocenters. The van der Waals surface area contributed by atoms with Crippen molar-refractivity contribution in [1.29, 1.82) is 0 Å². The van der Waals surface area contributed by atoms with Gasteiger partial charge in [0.25, 0.3) is 0 Å². The van der Waals surface area contributed by atoms with Gasteiger partial charge in [0.15, 0.2) is 0 Å². The maximum atomic E-state index is 5.43. The topological polar surface area (TPSA) is 3.24 Å². The van der Waals surface area contributed by atoms with Crippen LogP contribution in [0.5, 0.6) is 0 Å². The monoisotopic (exact) mass is 221 g/mol. The van der Waals surface area contributed by atoms with Gasteiger partial charge < -0.3 is 4.90 Å². The molecule has 0 amide bonds. The van der Waals surface area contributed by atoms with E-state index in [1.165, 1.54) is 11.1 Å². The number of rotatable bonds is 1. The van der Waals surface area contributed by atoms with Crippen LogP contribution in [-0.4, -0.2) is 24.0 Å². The maximum Gasteiger partial charge on any atom is 0.108 e. The van der Waals surface area contributed by atoms with E-state index in [4.69, 9.17) is 12.2 Å². The van der Waals surface area contributed by atoms with Gasteiger partial charge in [0.2, 0.25) is 0 Å². The highest BCUT2D eigenvalue weighted by molar-refractivity contribution is 7.80. The molecule has 0 atom stereocenters. The van der Waals surface area contributed by atoms with Crippen LogP contribution in [0.15, 0.2) is 24.3 Å². The molecule has 0 saturated heterocycles. The quantitative estimate of drug-likeness (QED) is 0.670. The molecule has 0 aromatic heterocycles. The first-order valence-electron chi connectivity index (χ1n) is 5.15. The third kappa shape index (κ3) is 2.78. The van der Waals surface area contributed by atoms with Crippen LogP contribution >= 0.6 is 12.2 Å². The van der Waals surface area contributed by atoms with Crippen molar-refractivity contribution in [1.82, 2.24) is 4.90 Å². The van der Waals surface area contributed by atoms with Crippen LogP contribution in [0.3, 0.4) is 0 Å². The molecular weight excluding hydrogens is 202 g/mol. The minimum atomic E-state index is 0.136. The fourth-order valence-electron chi connectivity index (χ4n) is 1.56. The molecule has 1 aromatic rings. The predicted octanol–water partition coefficient (Wildman–Crippen LogP) is 3.22. The molecule has 1 nitrogen and oxygen atoms in total. The summed E-state index contributed by atoms with van der Waals surface area (Å²) >= 11 is 5.43. The van der Waals surface area contributed by atoms with Crippen molar-refractivity contribution in [3.63, 3.8) is 0 Å². The van der Waals surface area contributed by atoms with E-state index in [0.717, 1.165) is 4.99 Å². The van der Waals surface area contributed by atoms with E-state index in [1.54, 1.807) is 0 Å². The Hall–Kier alpha value is -0.890. The van der Waals surface area contributed by atoms with Crippen LogP contribution in [0.4, 0.5) is 0 Å². The van der Waals surface area contributed by atoms with Crippen LogP contribution in [0.25, 0.3) is 0 Å². The van der Waals surface area contributed by atoms with E-state index in [2.05, 4.69) is 39.0 Å². The van der Waals surface area contributed by atoms with Gasteiger partial charge >= 0.3 is 0 Å². The van der Waals surface area contributed by atoms with Gasteiger partial charge in [-0.1, -0.05) is 57.3 Å². The summed E-state index contributed by atoms with van der Waals surface area (Å²) in [5.41, 5.74) is 2.62. The fourth-order valence-corrected chi connectivity index (χ4v) is 1.74. The lowest BCUT2D eigenvalue weighted by Gasteiger charge is -2.25. The molecule has 0 saturated carbocycles. The zero-order valence-corrected chi connectivity index (χ0v) is 11.0. The molecule has 0 bridgehead atoms. The van der Waals surface area contributed by atoms with E-state index in [9.17, 15) is 0 Å². The van der Waals surface area contributed by atoms with Crippen molar-refractivity contribution in [2.24, 2.45) is 0 Å². The molecule has 0 spiro atoms. The second kappa shape index (κ2) is 4.31. The maximum absolute atomic E-state index is 5.43. The van der Waals surface area contributed by atoms with Crippen LogP contribution in [0.2, 0.25) is 0 Å². The van der Waals surface area contributed by atoms with Crippen molar-refractivity contribution in [2.45, 2.75) is 26.2 Å². The number of hydrogen-bond donors (Lipinski definition) is 0. The Kier molecular flexibility index (Phi) is 3.50. The lowest BCUT2D eigenvalue weighted by Crippen LogP contribution is -2.25. The van der Waals surface area contributed by atoms with E-state index in [0.29, 0.717) is 0 Å². The highest BCUT2D eigenvalue weighted by atomic mass is 32.1. The summed E-state index contributed by atoms with van der Waals surface area (Å²) in [5.74, 6) is 0. The molecule has 0 aliphatic rings. The predicted molar refractivity (Wildman–Crippen MR) is 70.5 cm³/mol. The standard InChI is InChI=1S/C13H19NS/c1-13(2,3)11-9-7-6-8-10(11)12(15)14(4)5/h6-9H,1-5H3. The van der Waals surface area contributed by atoms with Gasteiger partial charge in [-0.15, -0.1) is 0 Å². The Labute approximate surface area is 98.1 Å². The summed E-state index contributed by atoms with van der Waals surface area (Å²) in [6.45, 7) is 6.64. The molecule has 2 heteroatoms. The van der Waals surface area contributed by atoms with Crippen molar-refractivity contribution in [3.05, 3.63) is 35.4 Å². The van der Waals surface area contributed by atoms with Crippen molar-refractivity contribution >= 4 is 17.2 Å². The van der Waals surface area contributed by atoms with E-state index >= 15 is 0 Å². The zero-order valence-electron chi connectivity index (χ0n) is 10.2. The van der Waals surface area contributed by atoms with Crippen LogP contribution in [-0.2, 0) is 5.41 Å². The molecule has 0 fully saturated rings. The first kappa shape index (κ1) is 12.2. The Morgan fingerprint density at radius 1 is 1.13 bits per heavy atom. The molecule has 0 N–H and O–H groups in total. The average Bonchev–Trinajstić information content (AvgIpc) is 2.15. The zero-order chi connectivity index (χ0) is 11.6. The van der Waals surface area contributed by atoms with E-state index < -0.39 is 0 Å². The molecule has 1 aromatic carbocycles. The van der Waals surface area contributed by atoms with Crippen LogP contribution in [0, 0.1) is 0 Å². The second-order valence-corrected chi connectivity index (χ2v) is 5.38. The summed E-state index contributed by atoms with van der Waals surface area (Å²) in [4.78, 5) is 2.89. The molecule has 0 aliphatic heterocycles. The van der Waals surface area contributed by atoms with Gasteiger partial charge in [0, 0.05) is 19.7 Å². The smallest absolute Gasteiger partial charge is 0.108 e. The second-order valence-electron chi connectivity index (χ2n) is 5.00. The molecule has 1 rings (SSSR count). The largest absolute Gasteiger partial charge is 0.368 e. The lowest BCUT2D eigenvalue weighted by molar-refractivity contribution is 0.583. The normalized spacial score (nSPS) is 11.3. The van der Waals surface area contributed by atoms with Crippen molar-refractivity contribution in [3.8, 4) is 0 Å². The SMILES string of the molecule is CN(C)C(=S)c1ccccc1C(C)(C)C. The van der Waals surface area contributed by atoms with Gasteiger partial charge in [-0.05, 0) is 11.0 Å². The minimum absolute atomic E-state index is 0.136. The molecular formula is C13H19NS. The Balaban J connectivity index is 3.25. The lowest BCUT2D eigenvalue weighted by atomic mass is 9.83. The summed E-state index contributed by atoms with van der Waals surface area (Å²) in [7, 11) is 3.98. The van der Waals surface area contributed by atoms with Gasteiger partial charge in [0.05, 0.1) is 0 Å². The summed E-state index contributed by atoms with van der Waals surface area (Å²) in [6, 6.07) is 8.37. The molecule has 0 radical (unpaired) electrons. The molecule has 0 aliphatic carbocycles. The summed E-state index contributed by atoms with van der Waals surface area (Å²) in [6.07, 6.45) is 0. The van der Waals surface area contributed by atoms with Gasteiger partial charge in [-0.3, -0.25) is 0 Å². The van der Waals surface area contributed by atoms with Crippen molar-refractivity contribution in [2.75, 3.05) is 14.1 Å². The first-order chi connectivity index (χ1) is 6.84. The Morgan fingerprint density at radius 3 is 2.13 bits per heavy atom. The highest BCUT2D eigenvalue weighted by Gasteiger charge is 2.19. The number of nitrogens with zero attached hydrogens (tertiary/aromatic N) is 1. The Bertz CT molecular complexity index is 361. The van der Waals surface area contributed by atoms with E-state index in [1.807, 2.05) is 25.1 Å². The highest BCUT2D eigenvalue weighted by Crippen LogP contribution is 2.26. The number of hydrogen-bond acceptors (Lipinski definition) is 1. The number of benzene rings is 1. The van der Waals surface area contributed by atoms with E-state index in [-0.39, 0.29) is 5.41 Å². The fraction of sp³-hybridized carbons (Fsp3) is 0.462. The molecule has 15 heavy (non-hydrogen) atoms. The van der Waals surface area contributed by atoms with Crippen molar-refractivity contribution < 1.29 is 0 Å². The third-order valence-corrected chi connectivity index (χ3v) is 2.96. The molecule has 82 valence electrons. The Morgan fingerprint density at radius 2 is 1.67 bits per heavy atom. The van der Waals surface area contributed by atoms with Gasteiger partial charge in [-0.25, -0.2) is 0 Å². The third-order valence-electron chi connectivity index (χ3n) is 2.37. The number of thiocarbonyl (C=S) groups is 1.